The van der Waals surface area contributed by atoms with Gasteiger partial charge in [0.15, 0.2) is 0 Å². The highest BCUT2D eigenvalue weighted by molar-refractivity contribution is 5.76. The van der Waals surface area contributed by atoms with Gasteiger partial charge in [0, 0.05) is 51.4 Å². The van der Waals surface area contributed by atoms with Gasteiger partial charge in [-0.05, 0) is 61.8 Å². The second kappa shape index (κ2) is 11.3. The molecule has 0 spiro atoms. The number of carbonyl (C=O) groups is 2. The number of ether oxygens (including phenoxy) is 1. The third-order valence-electron chi connectivity index (χ3n) is 7.99. The van der Waals surface area contributed by atoms with Crippen molar-refractivity contribution < 1.29 is 19.4 Å². The Morgan fingerprint density at radius 2 is 1.81 bits per heavy atom. The Kier molecular flexibility index (Phi) is 8.20. The van der Waals surface area contributed by atoms with Crippen LogP contribution in [0, 0.1) is 17.8 Å². The van der Waals surface area contributed by atoms with Gasteiger partial charge in [-0.25, -0.2) is 0 Å². The first-order valence-electron chi connectivity index (χ1n) is 12.4. The van der Waals surface area contributed by atoms with Crippen molar-refractivity contribution in [1.29, 1.82) is 0 Å². The van der Waals surface area contributed by atoms with Gasteiger partial charge in [-0.2, -0.15) is 0 Å². The molecule has 4 atom stereocenters. The van der Waals surface area contributed by atoms with Gasteiger partial charge >= 0.3 is 0 Å². The van der Waals surface area contributed by atoms with Gasteiger partial charge in [-0.15, -0.1) is 0 Å². The first-order valence-corrected chi connectivity index (χ1v) is 12.4. The lowest BCUT2D eigenvalue weighted by atomic mass is 9.74. The topological polar surface area (TPSA) is 70.1 Å². The van der Waals surface area contributed by atoms with Crippen LogP contribution in [0.15, 0.2) is 30.3 Å². The maximum Gasteiger partial charge on any atom is 0.290 e. The summed E-state index contributed by atoms with van der Waals surface area (Å²) < 4.78 is 5.47. The normalized spacial score (nSPS) is 30.6. The second-order valence-electron chi connectivity index (χ2n) is 10.1. The number of rotatable bonds is 4. The summed E-state index contributed by atoms with van der Waals surface area (Å²) in [5, 5.41) is 6.89. The van der Waals surface area contributed by atoms with Crippen LogP contribution >= 0.6 is 0 Å². The fraction of sp³-hybridized carbons (Fsp3) is 0.692. The molecule has 4 aliphatic rings. The maximum atomic E-state index is 13.0. The van der Waals surface area contributed by atoms with Crippen LogP contribution in [0.1, 0.15) is 50.5 Å². The van der Waals surface area contributed by atoms with E-state index in [-0.39, 0.29) is 6.47 Å². The minimum atomic E-state index is -0.250. The van der Waals surface area contributed by atoms with E-state index < -0.39 is 0 Å². The lowest BCUT2D eigenvalue weighted by Gasteiger charge is -2.55. The quantitative estimate of drug-likeness (QED) is 0.724. The van der Waals surface area contributed by atoms with Crippen molar-refractivity contribution >= 4 is 12.4 Å². The van der Waals surface area contributed by atoms with Gasteiger partial charge in [0.1, 0.15) is 0 Å². The monoisotopic (exact) mass is 442 g/mol. The summed E-state index contributed by atoms with van der Waals surface area (Å²) in [5.74, 6) is 2.30. The summed E-state index contributed by atoms with van der Waals surface area (Å²) in [6.07, 6.45) is 9.38. The first-order chi connectivity index (χ1) is 15.7. The van der Waals surface area contributed by atoms with E-state index in [0.29, 0.717) is 35.7 Å². The zero-order valence-corrected chi connectivity index (χ0v) is 19.1. The molecule has 0 aliphatic carbocycles. The van der Waals surface area contributed by atoms with Crippen LogP contribution in [0.2, 0.25) is 0 Å². The maximum absolute atomic E-state index is 13.0. The van der Waals surface area contributed by atoms with E-state index >= 15 is 0 Å². The zero-order chi connectivity index (χ0) is 22.3. The van der Waals surface area contributed by atoms with E-state index in [1.807, 2.05) is 0 Å². The van der Waals surface area contributed by atoms with Crippen LogP contribution in [0.5, 0.6) is 0 Å². The summed E-state index contributed by atoms with van der Waals surface area (Å²) in [7, 11) is 0. The van der Waals surface area contributed by atoms with Crippen molar-refractivity contribution in [2.45, 2.75) is 63.5 Å². The van der Waals surface area contributed by atoms with E-state index in [1.165, 1.54) is 44.2 Å². The minimum absolute atomic E-state index is 0.250. The molecule has 2 bridgehead atoms. The van der Waals surface area contributed by atoms with Crippen LogP contribution in [0.4, 0.5) is 0 Å². The summed E-state index contributed by atoms with van der Waals surface area (Å²) in [4.78, 5) is 26.5. The molecule has 0 unspecified atom stereocenters. The van der Waals surface area contributed by atoms with Gasteiger partial charge in [0.25, 0.3) is 6.47 Å². The van der Waals surface area contributed by atoms with E-state index in [9.17, 15) is 4.79 Å². The number of likely N-dealkylation sites (tertiary alicyclic amines) is 1. The van der Waals surface area contributed by atoms with Crippen LogP contribution in [0.3, 0.4) is 0 Å². The molecule has 0 radical (unpaired) electrons. The summed E-state index contributed by atoms with van der Waals surface area (Å²) in [6.45, 7) is 4.60. The molecule has 4 fully saturated rings. The number of amides is 1. The van der Waals surface area contributed by atoms with E-state index in [2.05, 4.69) is 40.1 Å². The van der Waals surface area contributed by atoms with Gasteiger partial charge < -0.3 is 14.7 Å². The fourth-order valence-corrected chi connectivity index (χ4v) is 6.55. The largest absolute Gasteiger partial charge is 0.483 e. The molecule has 0 aromatic heterocycles. The van der Waals surface area contributed by atoms with Crippen molar-refractivity contribution in [3.63, 3.8) is 0 Å². The zero-order valence-electron chi connectivity index (χ0n) is 19.1. The number of piperidine rings is 3. The molecule has 1 amide bonds. The molecular formula is C26H38N2O4. The number of carboxylic acid groups (broad SMARTS) is 1. The Morgan fingerprint density at radius 3 is 2.56 bits per heavy atom. The van der Waals surface area contributed by atoms with Crippen molar-refractivity contribution in [1.82, 2.24) is 9.80 Å². The van der Waals surface area contributed by atoms with Crippen molar-refractivity contribution in [3.8, 4) is 0 Å². The SMILES string of the molecule is O=C(CC1CCOCC1)N1C[C@@H]2C[C@H](C1)[C@@H]1CCC[C@H](Cc3ccccc3)N1C2.O=CO. The van der Waals surface area contributed by atoms with Gasteiger partial charge in [0.2, 0.25) is 5.91 Å². The Morgan fingerprint density at radius 1 is 1.06 bits per heavy atom. The molecule has 176 valence electrons. The van der Waals surface area contributed by atoms with Crippen LogP contribution < -0.4 is 0 Å². The Bertz CT molecular complexity index is 737. The smallest absolute Gasteiger partial charge is 0.290 e. The Hall–Kier alpha value is -1.92. The first kappa shape index (κ1) is 23.2. The number of benzene rings is 1. The van der Waals surface area contributed by atoms with Crippen LogP contribution in [0.25, 0.3) is 0 Å². The predicted octanol–water partition coefficient (Wildman–Crippen LogP) is 3.45. The summed E-state index contributed by atoms with van der Waals surface area (Å²) >= 11 is 0. The highest BCUT2D eigenvalue weighted by Crippen LogP contribution is 2.40. The van der Waals surface area contributed by atoms with Crippen molar-refractivity contribution in [2.24, 2.45) is 17.8 Å². The number of hydrogen-bond acceptors (Lipinski definition) is 4. The standard InChI is InChI=1S/C25H36N2O2.CH2O2/c28-25(15-20-9-11-29-12-10-20)26-16-21-13-22(18-26)24-8-4-7-23(27(24)17-21)14-19-5-2-1-3-6-19;2-1-3/h1-3,5-6,20-24H,4,7-18H2;1H,(H,2,3)/t21-,22+,23+,24-;/m0./s1. The molecular weight excluding hydrogens is 404 g/mol. The van der Waals surface area contributed by atoms with Gasteiger partial charge in [0.05, 0.1) is 0 Å². The third kappa shape index (κ3) is 5.70. The summed E-state index contributed by atoms with van der Waals surface area (Å²) in [5.41, 5.74) is 1.47. The minimum Gasteiger partial charge on any atom is -0.483 e. The average Bonchev–Trinajstić information content (AvgIpc) is 2.81. The molecule has 4 saturated heterocycles. The van der Waals surface area contributed by atoms with Crippen LogP contribution in [-0.2, 0) is 20.7 Å². The second-order valence-corrected chi connectivity index (χ2v) is 10.1. The van der Waals surface area contributed by atoms with Gasteiger partial charge in [-0.3, -0.25) is 14.5 Å². The molecule has 6 heteroatoms. The molecule has 4 heterocycles. The number of nitrogens with zero attached hydrogens (tertiary/aromatic N) is 2. The van der Waals surface area contributed by atoms with Crippen molar-refractivity contribution in [3.05, 3.63) is 35.9 Å². The molecule has 4 aliphatic heterocycles. The molecule has 1 aromatic carbocycles. The number of hydrogen-bond donors (Lipinski definition) is 1. The Labute approximate surface area is 191 Å². The molecule has 6 nitrogen and oxygen atoms in total. The van der Waals surface area contributed by atoms with E-state index in [0.717, 1.165) is 45.6 Å². The number of carbonyl (C=O) groups excluding carboxylic acids is 1. The summed E-state index contributed by atoms with van der Waals surface area (Å²) in [6, 6.07) is 12.4. The van der Waals surface area contributed by atoms with E-state index in [1.54, 1.807) is 0 Å². The highest BCUT2D eigenvalue weighted by Gasteiger charge is 2.45. The fourth-order valence-electron chi connectivity index (χ4n) is 6.55. The van der Waals surface area contributed by atoms with Crippen molar-refractivity contribution in [2.75, 3.05) is 32.8 Å². The molecule has 0 saturated carbocycles. The lowest BCUT2D eigenvalue weighted by molar-refractivity contribution is -0.140. The molecule has 5 rings (SSSR count). The molecule has 1 N–H and O–H groups in total. The third-order valence-corrected chi connectivity index (χ3v) is 7.99. The lowest BCUT2D eigenvalue weighted by Crippen LogP contribution is -2.62. The number of fused-ring (bicyclic) bond motifs is 4. The molecule has 1 aromatic rings. The highest BCUT2D eigenvalue weighted by atomic mass is 16.5. The van der Waals surface area contributed by atoms with Gasteiger partial charge in [-0.1, -0.05) is 36.8 Å². The average molecular weight is 443 g/mol. The van der Waals surface area contributed by atoms with Crippen LogP contribution in [-0.4, -0.2) is 72.2 Å². The predicted molar refractivity (Wildman–Crippen MR) is 123 cm³/mol. The molecule has 32 heavy (non-hydrogen) atoms. The Balaban J connectivity index is 0.000000775. The van der Waals surface area contributed by atoms with E-state index in [4.69, 9.17) is 14.6 Å².